The van der Waals surface area contributed by atoms with Crippen molar-refractivity contribution < 1.29 is 0 Å². The second-order valence-corrected chi connectivity index (χ2v) is 3.74. The molecule has 0 unspecified atom stereocenters. The number of hydrogen-bond donors (Lipinski definition) is 2. The summed E-state index contributed by atoms with van der Waals surface area (Å²) in [7, 11) is 0. The summed E-state index contributed by atoms with van der Waals surface area (Å²) < 4.78 is 2.33. The van der Waals surface area contributed by atoms with Gasteiger partial charge < -0.3 is 11.5 Å². The average Bonchev–Trinajstić information content (AvgIpc) is 3.08. The van der Waals surface area contributed by atoms with Gasteiger partial charge in [0, 0.05) is 0 Å². The van der Waals surface area contributed by atoms with E-state index in [0.717, 1.165) is 9.03 Å². The van der Waals surface area contributed by atoms with Crippen LogP contribution in [-0.2, 0) is 0 Å². The number of fused-ring (bicyclic) bond motifs is 2. The Kier molecular flexibility index (Phi) is 2.29. The van der Waals surface area contributed by atoms with Crippen molar-refractivity contribution in [1.29, 1.82) is 0 Å². The molecule has 16 heteroatoms. The lowest BCUT2D eigenvalue weighted by atomic mass is 11.0. The van der Waals surface area contributed by atoms with E-state index in [1.807, 2.05) is 0 Å². The van der Waals surface area contributed by atoms with Crippen LogP contribution in [0.1, 0.15) is 0 Å². The average molecular weight is 300 g/mol. The maximum absolute atomic E-state index is 5.43. The van der Waals surface area contributed by atoms with E-state index >= 15 is 0 Å². The van der Waals surface area contributed by atoms with Gasteiger partial charge in [0.1, 0.15) is 0 Å². The predicted octanol–water partition coefficient (Wildman–Crippen LogP) is -2.28. The number of rotatable bonds is 2. The van der Waals surface area contributed by atoms with Gasteiger partial charge in [0.25, 0.3) is 35.3 Å². The van der Waals surface area contributed by atoms with Crippen LogP contribution in [0, 0.1) is 0 Å². The molecule has 4 aromatic heterocycles. The van der Waals surface area contributed by atoms with Gasteiger partial charge in [-0.15, -0.1) is 61.2 Å². The summed E-state index contributed by atoms with van der Waals surface area (Å²) in [5.74, 6) is 0.124. The minimum Gasteiger partial charge on any atom is -0.365 e. The third-order valence-corrected chi connectivity index (χ3v) is 2.33. The molecule has 108 valence electrons. The van der Waals surface area contributed by atoms with Gasteiger partial charge in [0.2, 0.25) is 0 Å². The summed E-state index contributed by atoms with van der Waals surface area (Å²) in [4.78, 5) is 0. The Bertz CT molecular complexity index is 926. The molecule has 0 aliphatic heterocycles. The highest BCUT2D eigenvalue weighted by Crippen LogP contribution is 2.14. The summed E-state index contributed by atoms with van der Waals surface area (Å²) in [6.07, 6.45) is 0. The highest BCUT2D eigenvalue weighted by Gasteiger charge is 2.11. The smallest absolute Gasteiger partial charge is 0.292 e. The lowest BCUT2D eigenvalue weighted by Crippen LogP contribution is -2.03. The van der Waals surface area contributed by atoms with Gasteiger partial charge in [-0.1, -0.05) is 0 Å². The van der Waals surface area contributed by atoms with Crippen LogP contribution in [0.5, 0.6) is 0 Å². The van der Waals surface area contributed by atoms with Crippen LogP contribution in [0.25, 0.3) is 11.6 Å². The summed E-state index contributed by atoms with van der Waals surface area (Å²) in [6, 6.07) is 0. The van der Waals surface area contributed by atoms with Crippen molar-refractivity contribution in [2.75, 3.05) is 11.5 Å². The van der Waals surface area contributed by atoms with Gasteiger partial charge in [0.15, 0.2) is 0 Å². The quantitative estimate of drug-likeness (QED) is 0.374. The molecule has 0 amide bonds. The third-order valence-electron chi connectivity index (χ3n) is 2.33. The molecule has 0 saturated heterocycles. The first-order chi connectivity index (χ1) is 10.7. The minimum atomic E-state index is -0.0682. The van der Waals surface area contributed by atoms with E-state index in [0.29, 0.717) is 0 Å². The summed E-state index contributed by atoms with van der Waals surface area (Å²) in [5, 5.41) is 44.7. The molecule has 22 heavy (non-hydrogen) atoms. The molecular formula is C6H4N16. The molecular weight excluding hydrogens is 296 g/mol. The van der Waals surface area contributed by atoms with Crippen LogP contribution >= 0.6 is 0 Å². The van der Waals surface area contributed by atoms with Crippen LogP contribution in [0.2, 0.25) is 0 Å². The monoisotopic (exact) mass is 300 g/mol. The van der Waals surface area contributed by atoms with Crippen LogP contribution in [0.4, 0.5) is 23.8 Å². The molecule has 4 N–H and O–H groups in total. The molecule has 0 aliphatic rings. The number of nitrogen functional groups attached to an aromatic ring is 2. The first-order valence-corrected chi connectivity index (χ1v) is 5.56. The summed E-state index contributed by atoms with van der Waals surface area (Å²) in [6.45, 7) is 0. The zero-order valence-electron chi connectivity index (χ0n) is 10.4. The summed E-state index contributed by atoms with van der Waals surface area (Å²) >= 11 is 0. The van der Waals surface area contributed by atoms with Gasteiger partial charge in [-0.3, -0.25) is 0 Å². The Morgan fingerprint density at radius 3 is 1.45 bits per heavy atom. The van der Waals surface area contributed by atoms with Crippen molar-refractivity contribution in [2.45, 2.75) is 0 Å². The third kappa shape index (κ3) is 1.78. The largest absolute Gasteiger partial charge is 0.365 e. The van der Waals surface area contributed by atoms with Crippen LogP contribution < -0.4 is 11.5 Å². The highest BCUT2D eigenvalue weighted by atomic mass is 15.5. The Balaban J connectivity index is 1.79. The predicted molar refractivity (Wildman–Crippen MR) is 65.7 cm³/mol. The van der Waals surface area contributed by atoms with E-state index < -0.39 is 0 Å². The van der Waals surface area contributed by atoms with Gasteiger partial charge in [-0.05, 0) is 0 Å². The van der Waals surface area contributed by atoms with Crippen molar-refractivity contribution in [3.8, 4) is 0 Å². The maximum Gasteiger partial charge on any atom is 0.292 e. The van der Waals surface area contributed by atoms with E-state index in [1.54, 1.807) is 0 Å². The Labute approximate surface area is 118 Å². The minimum absolute atomic E-state index is 0.0170. The molecule has 0 atom stereocenters. The van der Waals surface area contributed by atoms with E-state index in [-0.39, 0.29) is 35.3 Å². The molecule has 0 spiro atoms. The number of aromatic nitrogens is 12. The van der Waals surface area contributed by atoms with Crippen molar-refractivity contribution in [3.05, 3.63) is 0 Å². The number of azo groups is 1. The number of nitrogens with two attached hydrogens (primary N) is 2. The fraction of sp³-hybridized carbons (Fsp3) is 0. The fourth-order valence-electron chi connectivity index (χ4n) is 1.48. The van der Waals surface area contributed by atoms with Gasteiger partial charge in [-0.25, -0.2) is 0 Å². The van der Waals surface area contributed by atoms with Crippen LogP contribution in [0.3, 0.4) is 0 Å². The second-order valence-electron chi connectivity index (χ2n) is 3.74. The molecule has 0 aliphatic carbocycles. The normalized spacial score (nSPS) is 11.8. The highest BCUT2D eigenvalue weighted by molar-refractivity contribution is 5.35. The maximum atomic E-state index is 5.43. The lowest BCUT2D eigenvalue weighted by molar-refractivity contribution is 0.820. The van der Waals surface area contributed by atoms with Gasteiger partial charge >= 0.3 is 0 Å². The molecule has 4 rings (SSSR count). The van der Waals surface area contributed by atoms with Crippen molar-refractivity contribution >= 4 is 35.3 Å². The van der Waals surface area contributed by atoms with Crippen molar-refractivity contribution in [3.63, 3.8) is 0 Å². The number of nitrogens with zero attached hydrogens (tertiary/aromatic N) is 14. The zero-order valence-corrected chi connectivity index (χ0v) is 10.4. The molecule has 4 aromatic rings. The Morgan fingerprint density at radius 1 is 0.591 bits per heavy atom. The Morgan fingerprint density at radius 2 is 1.00 bits per heavy atom. The topological polar surface area (TPSA) is 214 Å². The van der Waals surface area contributed by atoms with E-state index in [4.69, 9.17) is 11.5 Å². The number of hydrogen-bond acceptors (Lipinski definition) is 14. The van der Waals surface area contributed by atoms with Crippen LogP contribution in [-0.4, -0.2) is 60.0 Å². The first kappa shape index (κ1) is 11.8. The van der Waals surface area contributed by atoms with E-state index in [2.05, 4.69) is 61.2 Å². The molecule has 0 radical (unpaired) electrons. The Hall–Kier alpha value is -3.98. The molecule has 0 bridgehead atoms. The van der Waals surface area contributed by atoms with Crippen molar-refractivity contribution in [1.82, 2.24) is 60.0 Å². The van der Waals surface area contributed by atoms with Gasteiger partial charge in [-0.2, -0.15) is 9.03 Å². The molecule has 0 fully saturated rings. The van der Waals surface area contributed by atoms with Crippen molar-refractivity contribution in [2.24, 2.45) is 10.2 Å². The summed E-state index contributed by atoms with van der Waals surface area (Å²) in [5.41, 5.74) is 10.9. The SMILES string of the molecule is Nc1nnc2nnc(N=Nc3nnc4nnc(N)nn34)n2n1. The standard InChI is InChI=1S/C6H4N16/c7-1-9-11-3-13-15-5(21(3)19-1)17-18-6-16-14-4-12-10-2(8)20-22(4)6/h(H2,7,19)(H2,8,20). The second kappa shape index (κ2) is 4.26. The first-order valence-electron chi connectivity index (χ1n) is 5.56. The van der Waals surface area contributed by atoms with Crippen LogP contribution in [0.15, 0.2) is 10.2 Å². The van der Waals surface area contributed by atoms with E-state index in [9.17, 15) is 0 Å². The zero-order chi connectivity index (χ0) is 15.1. The number of anilines is 2. The van der Waals surface area contributed by atoms with Gasteiger partial charge in [0.05, 0.1) is 0 Å². The fourth-order valence-corrected chi connectivity index (χ4v) is 1.48. The molecule has 0 aromatic carbocycles. The lowest BCUT2D eigenvalue weighted by Gasteiger charge is -1.93. The van der Waals surface area contributed by atoms with E-state index in [1.165, 1.54) is 0 Å². The molecule has 16 nitrogen and oxygen atoms in total. The molecule has 4 heterocycles. The molecule has 0 saturated carbocycles.